The molecule has 0 spiro atoms. The maximum absolute atomic E-state index is 10.2. The van der Waals surface area contributed by atoms with Crippen molar-refractivity contribution in [3.8, 4) is 0 Å². The monoisotopic (exact) mass is 386 g/mol. The third kappa shape index (κ3) is 27.2. The summed E-state index contributed by atoms with van der Waals surface area (Å²) >= 11 is 1.53. The second kappa shape index (κ2) is 18.4. The smallest absolute Gasteiger partial charge is 0.321 e. The number of rotatable bonds is 10. The molecule has 13 heteroatoms. The van der Waals surface area contributed by atoms with Crippen LogP contribution in [0.25, 0.3) is 0 Å². The molecule has 0 unspecified atom stereocenters. The molecule has 0 rings (SSSR count). The number of carboxylic acids is 4. The standard InChI is InChI=1S/C6H14N2O2S.C4H7NO4.C2H5NO2/c7-2-1-3-11-4-5(8)6(9)10;5-2(4(8)9)1-3(6)7;3-1-2(4)5/h5H,1-4,7-8H2,(H,9,10);2H,1,5H2,(H,6,7)(H,8,9);1,3H2,(H,4,5)/t5-;2-;/m00./s1. The first-order chi connectivity index (χ1) is 11.5. The zero-order valence-electron chi connectivity index (χ0n) is 13.5. The lowest BCUT2D eigenvalue weighted by Crippen LogP contribution is -2.32. The van der Waals surface area contributed by atoms with Crippen molar-refractivity contribution < 1.29 is 39.6 Å². The quantitative estimate of drug-likeness (QED) is 0.179. The Bertz CT molecular complexity index is 411. The van der Waals surface area contributed by atoms with Crippen molar-refractivity contribution in [3.63, 3.8) is 0 Å². The molecule has 0 bridgehead atoms. The van der Waals surface area contributed by atoms with E-state index in [1.165, 1.54) is 11.8 Å². The Morgan fingerprint density at radius 3 is 1.52 bits per heavy atom. The average Bonchev–Trinajstić information content (AvgIpc) is 2.51. The summed E-state index contributed by atoms with van der Waals surface area (Å²) in [7, 11) is 0. The molecule has 0 aliphatic rings. The molecule has 0 radical (unpaired) electrons. The SMILES string of the molecule is NCC(=O)O.NCCCSC[C@H](N)C(=O)O.N[C@@H](CC(=O)O)C(=O)O. The van der Waals surface area contributed by atoms with E-state index in [1.807, 2.05) is 0 Å². The maximum Gasteiger partial charge on any atom is 0.321 e. The third-order valence-corrected chi connectivity index (χ3v) is 3.17. The molecule has 25 heavy (non-hydrogen) atoms. The molecule has 2 atom stereocenters. The van der Waals surface area contributed by atoms with Gasteiger partial charge in [0.15, 0.2) is 0 Å². The summed E-state index contributed by atoms with van der Waals surface area (Å²) in [5.41, 5.74) is 19.9. The van der Waals surface area contributed by atoms with Gasteiger partial charge in [-0.2, -0.15) is 11.8 Å². The van der Waals surface area contributed by atoms with Crippen molar-refractivity contribution in [2.75, 3.05) is 24.6 Å². The number of hydrogen-bond donors (Lipinski definition) is 8. The second-order valence-electron chi connectivity index (χ2n) is 4.30. The van der Waals surface area contributed by atoms with Crippen LogP contribution < -0.4 is 22.9 Å². The van der Waals surface area contributed by atoms with Crippen LogP contribution in [0.4, 0.5) is 0 Å². The van der Waals surface area contributed by atoms with Crippen molar-refractivity contribution in [2.45, 2.75) is 24.9 Å². The molecule has 0 aliphatic heterocycles. The fourth-order valence-corrected chi connectivity index (χ4v) is 1.68. The van der Waals surface area contributed by atoms with Gasteiger partial charge in [-0.15, -0.1) is 0 Å². The lowest BCUT2D eigenvalue weighted by atomic mass is 10.2. The van der Waals surface area contributed by atoms with Crippen LogP contribution in [0.2, 0.25) is 0 Å². The predicted molar refractivity (Wildman–Crippen MR) is 91.2 cm³/mol. The van der Waals surface area contributed by atoms with Crippen molar-refractivity contribution in [1.82, 2.24) is 0 Å². The fourth-order valence-electron chi connectivity index (χ4n) is 0.742. The number of carboxylic acid groups (broad SMARTS) is 4. The predicted octanol–water partition coefficient (Wildman–Crippen LogP) is -2.62. The fraction of sp³-hybridized carbons (Fsp3) is 0.667. The normalized spacial score (nSPS) is 11.7. The zero-order chi connectivity index (χ0) is 20.4. The van der Waals surface area contributed by atoms with Gasteiger partial charge in [0.1, 0.15) is 12.1 Å². The summed E-state index contributed by atoms with van der Waals surface area (Å²) in [6.07, 6.45) is 0.381. The van der Waals surface area contributed by atoms with Gasteiger partial charge in [-0.25, -0.2) is 0 Å². The summed E-state index contributed by atoms with van der Waals surface area (Å²) in [6, 6.07) is -2.03. The summed E-state index contributed by atoms with van der Waals surface area (Å²) in [6.45, 7) is 0.370. The minimum atomic E-state index is -1.29. The molecule has 0 saturated heterocycles. The molecule has 0 aliphatic carbocycles. The van der Waals surface area contributed by atoms with Gasteiger partial charge in [0.25, 0.3) is 0 Å². The molecule has 0 saturated carbocycles. The molecule has 12 nitrogen and oxygen atoms in total. The van der Waals surface area contributed by atoms with E-state index in [9.17, 15) is 19.2 Å². The van der Waals surface area contributed by atoms with Gasteiger partial charge in [-0.05, 0) is 18.7 Å². The molecule has 0 heterocycles. The minimum Gasteiger partial charge on any atom is -0.481 e. The molecule has 148 valence electrons. The van der Waals surface area contributed by atoms with E-state index in [2.05, 4.69) is 5.73 Å². The molecule has 0 aromatic rings. The van der Waals surface area contributed by atoms with E-state index in [0.29, 0.717) is 12.3 Å². The number of thioether (sulfide) groups is 1. The number of hydrogen-bond acceptors (Lipinski definition) is 9. The summed E-state index contributed by atoms with van der Waals surface area (Å²) < 4.78 is 0. The number of aliphatic carboxylic acids is 4. The van der Waals surface area contributed by atoms with E-state index in [4.69, 9.17) is 37.6 Å². The van der Waals surface area contributed by atoms with E-state index in [-0.39, 0.29) is 6.54 Å². The van der Waals surface area contributed by atoms with Crippen LogP contribution in [0.15, 0.2) is 0 Å². The van der Waals surface area contributed by atoms with Crippen LogP contribution >= 0.6 is 11.8 Å². The van der Waals surface area contributed by atoms with Crippen LogP contribution in [0, 0.1) is 0 Å². The average molecular weight is 386 g/mol. The van der Waals surface area contributed by atoms with Gasteiger partial charge in [-0.3, -0.25) is 19.2 Å². The number of nitrogens with two attached hydrogens (primary N) is 4. The summed E-state index contributed by atoms with van der Waals surface area (Å²) in [5.74, 6) is -3.05. The Kier molecular flexibility index (Phi) is 20.5. The third-order valence-electron chi connectivity index (χ3n) is 1.99. The molecule has 0 aromatic heterocycles. The molecule has 0 amide bonds. The lowest BCUT2D eigenvalue weighted by molar-refractivity contribution is -0.144. The first-order valence-corrected chi connectivity index (χ1v) is 8.03. The van der Waals surface area contributed by atoms with Gasteiger partial charge < -0.3 is 43.4 Å². The highest BCUT2D eigenvalue weighted by Gasteiger charge is 2.14. The highest BCUT2D eigenvalue weighted by atomic mass is 32.2. The van der Waals surface area contributed by atoms with Crippen molar-refractivity contribution in [1.29, 1.82) is 0 Å². The molecule has 12 N–H and O–H groups in total. The van der Waals surface area contributed by atoms with E-state index in [1.54, 1.807) is 0 Å². The Hall–Kier alpha value is -1.93. The lowest BCUT2D eigenvalue weighted by Gasteiger charge is -2.04. The van der Waals surface area contributed by atoms with Gasteiger partial charge in [0, 0.05) is 5.75 Å². The highest BCUT2D eigenvalue weighted by molar-refractivity contribution is 7.99. The van der Waals surface area contributed by atoms with Gasteiger partial charge in [0.05, 0.1) is 13.0 Å². The Morgan fingerprint density at radius 2 is 1.28 bits per heavy atom. The van der Waals surface area contributed by atoms with Crippen molar-refractivity contribution in [2.24, 2.45) is 22.9 Å². The molecule has 0 aromatic carbocycles. The Balaban J connectivity index is -0.000000311. The minimum absolute atomic E-state index is 0.278. The van der Waals surface area contributed by atoms with E-state index >= 15 is 0 Å². The van der Waals surface area contributed by atoms with E-state index < -0.39 is 42.4 Å². The van der Waals surface area contributed by atoms with Crippen LogP contribution in [0.5, 0.6) is 0 Å². The first-order valence-electron chi connectivity index (χ1n) is 6.87. The highest BCUT2D eigenvalue weighted by Crippen LogP contribution is 2.02. The van der Waals surface area contributed by atoms with Crippen LogP contribution in [-0.2, 0) is 19.2 Å². The van der Waals surface area contributed by atoms with Crippen LogP contribution in [0.1, 0.15) is 12.8 Å². The van der Waals surface area contributed by atoms with E-state index in [0.717, 1.165) is 12.2 Å². The first kappa shape index (κ1) is 27.9. The largest absolute Gasteiger partial charge is 0.481 e. The molecule has 0 fully saturated rings. The topological polar surface area (TPSA) is 253 Å². The maximum atomic E-state index is 10.2. The second-order valence-corrected chi connectivity index (χ2v) is 5.45. The van der Waals surface area contributed by atoms with Gasteiger partial charge in [0.2, 0.25) is 0 Å². The Morgan fingerprint density at radius 1 is 0.840 bits per heavy atom. The molecular formula is C12H26N4O8S. The zero-order valence-corrected chi connectivity index (χ0v) is 14.4. The number of carbonyl (C=O) groups is 4. The Labute approximate surface area is 148 Å². The summed E-state index contributed by atoms with van der Waals surface area (Å²) in [4.78, 5) is 39.1. The van der Waals surface area contributed by atoms with Gasteiger partial charge >= 0.3 is 23.9 Å². The molecular weight excluding hydrogens is 360 g/mol. The summed E-state index contributed by atoms with van der Waals surface area (Å²) in [5, 5.41) is 32.0. The van der Waals surface area contributed by atoms with Crippen LogP contribution in [-0.4, -0.2) is 81.0 Å². The van der Waals surface area contributed by atoms with Crippen molar-refractivity contribution in [3.05, 3.63) is 0 Å². The van der Waals surface area contributed by atoms with Crippen LogP contribution in [0.3, 0.4) is 0 Å². The van der Waals surface area contributed by atoms with Gasteiger partial charge in [-0.1, -0.05) is 0 Å². The van der Waals surface area contributed by atoms with Crippen molar-refractivity contribution >= 4 is 35.6 Å².